The summed E-state index contributed by atoms with van der Waals surface area (Å²) >= 11 is 0. The van der Waals surface area contributed by atoms with Gasteiger partial charge in [0.25, 0.3) is 6.43 Å². The van der Waals surface area contributed by atoms with Crippen molar-refractivity contribution in [3.05, 3.63) is 24.0 Å². The SMILES string of the molecule is Nc1ncc(-c2cc(C3[C@H]4CC(N5CCOCC5)C[C@@H]34)n(CC(F)F)n2)cc1OC(F)(F)F. The van der Waals surface area contributed by atoms with E-state index < -0.39 is 30.9 Å². The number of aromatic nitrogens is 3. The molecule has 2 N–H and O–H groups in total. The van der Waals surface area contributed by atoms with Crippen molar-refractivity contribution >= 4 is 5.82 Å². The van der Waals surface area contributed by atoms with Crippen LogP contribution >= 0.6 is 0 Å². The van der Waals surface area contributed by atoms with Crippen LogP contribution < -0.4 is 10.5 Å². The average Bonchev–Trinajstić information content (AvgIpc) is 3.09. The molecule has 2 unspecified atom stereocenters. The molecule has 2 aliphatic carbocycles. The van der Waals surface area contributed by atoms with Gasteiger partial charge in [0.05, 0.1) is 18.9 Å². The third kappa shape index (κ3) is 4.63. The van der Waals surface area contributed by atoms with E-state index in [4.69, 9.17) is 10.5 Å². The lowest BCUT2D eigenvalue weighted by Gasteiger charge is -2.33. The number of morpholine rings is 1. The third-order valence-electron chi connectivity index (χ3n) is 6.85. The van der Waals surface area contributed by atoms with Gasteiger partial charge in [-0.2, -0.15) is 5.10 Å². The molecule has 3 heterocycles. The number of anilines is 1. The minimum absolute atomic E-state index is 0.120. The summed E-state index contributed by atoms with van der Waals surface area (Å²) in [4.78, 5) is 6.20. The van der Waals surface area contributed by atoms with E-state index in [1.165, 1.54) is 10.9 Å². The first-order chi connectivity index (χ1) is 15.7. The van der Waals surface area contributed by atoms with Crippen molar-refractivity contribution in [2.75, 3.05) is 32.0 Å². The van der Waals surface area contributed by atoms with Crippen LogP contribution in [0.5, 0.6) is 5.75 Å². The van der Waals surface area contributed by atoms with Gasteiger partial charge in [-0.3, -0.25) is 9.58 Å². The van der Waals surface area contributed by atoms with E-state index in [0.29, 0.717) is 23.6 Å². The second-order valence-electron chi connectivity index (χ2n) is 8.81. The summed E-state index contributed by atoms with van der Waals surface area (Å²) in [6, 6.07) is 3.24. The van der Waals surface area contributed by atoms with E-state index in [1.807, 2.05) is 0 Å². The number of nitrogen functional groups attached to an aromatic ring is 1. The molecule has 0 amide bonds. The molecule has 2 aromatic rings. The Morgan fingerprint density at radius 3 is 2.48 bits per heavy atom. The Balaban J connectivity index is 1.37. The highest BCUT2D eigenvalue weighted by atomic mass is 19.4. The van der Waals surface area contributed by atoms with Crippen molar-refractivity contribution in [3.63, 3.8) is 0 Å². The van der Waals surface area contributed by atoms with Gasteiger partial charge in [-0.15, -0.1) is 13.2 Å². The molecule has 3 fully saturated rings. The summed E-state index contributed by atoms with van der Waals surface area (Å²) in [5.74, 6) is -0.161. The third-order valence-corrected chi connectivity index (χ3v) is 6.85. The summed E-state index contributed by atoms with van der Waals surface area (Å²) in [5, 5.41) is 4.28. The predicted molar refractivity (Wildman–Crippen MR) is 108 cm³/mol. The summed E-state index contributed by atoms with van der Waals surface area (Å²) in [6.45, 7) is 2.71. The van der Waals surface area contributed by atoms with Gasteiger partial charge in [0.15, 0.2) is 11.6 Å². The number of alkyl halides is 5. The summed E-state index contributed by atoms with van der Waals surface area (Å²) < 4.78 is 75.1. The zero-order chi connectivity index (χ0) is 23.3. The van der Waals surface area contributed by atoms with Gasteiger partial charge in [-0.1, -0.05) is 0 Å². The fraction of sp³-hybridized carbons (Fsp3) is 0.619. The van der Waals surface area contributed by atoms with Gasteiger partial charge >= 0.3 is 6.36 Å². The number of nitrogens with zero attached hydrogens (tertiary/aromatic N) is 4. The number of pyridine rings is 1. The second-order valence-corrected chi connectivity index (χ2v) is 8.81. The smallest absolute Gasteiger partial charge is 0.402 e. The Kier molecular flexibility index (Phi) is 5.68. The molecule has 1 aliphatic heterocycles. The van der Waals surface area contributed by atoms with Crippen LogP contribution in [0.15, 0.2) is 18.3 Å². The monoisotopic (exact) mass is 473 g/mol. The maximum atomic E-state index is 13.2. The van der Waals surface area contributed by atoms with Gasteiger partial charge in [0, 0.05) is 42.5 Å². The number of fused-ring (bicyclic) bond motifs is 1. The topological polar surface area (TPSA) is 78.4 Å². The van der Waals surface area contributed by atoms with Gasteiger partial charge in [-0.25, -0.2) is 13.8 Å². The van der Waals surface area contributed by atoms with E-state index in [-0.39, 0.29) is 17.2 Å². The second kappa shape index (κ2) is 8.39. The maximum Gasteiger partial charge on any atom is 0.573 e. The van der Waals surface area contributed by atoms with Crippen LogP contribution in [-0.4, -0.2) is 64.8 Å². The maximum absolute atomic E-state index is 13.2. The van der Waals surface area contributed by atoms with Gasteiger partial charge < -0.3 is 15.2 Å². The average molecular weight is 473 g/mol. The highest BCUT2D eigenvalue weighted by Crippen LogP contribution is 2.64. The fourth-order valence-corrected chi connectivity index (χ4v) is 5.41. The highest BCUT2D eigenvalue weighted by molar-refractivity contribution is 5.64. The lowest BCUT2D eigenvalue weighted by molar-refractivity contribution is -0.274. The van der Waals surface area contributed by atoms with Crippen LogP contribution in [0.3, 0.4) is 0 Å². The molecule has 7 nitrogen and oxygen atoms in total. The first kappa shape index (κ1) is 22.3. The number of nitrogens with two attached hydrogens (primary N) is 1. The molecule has 0 spiro atoms. The first-order valence-electron chi connectivity index (χ1n) is 10.9. The van der Waals surface area contributed by atoms with Gasteiger partial charge in [0.1, 0.15) is 6.54 Å². The van der Waals surface area contributed by atoms with E-state index in [1.54, 1.807) is 6.07 Å². The number of hydrogen-bond acceptors (Lipinski definition) is 6. The van der Waals surface area contributed by atoms with E-state index in [9.17, 15) is 22.0 Å². The van der Waals surface area contributed by atoms with Crippen molar-refractivity contribution in [3.8, 4) is 17.0 Å². The standard InChI is InChI=1S/C21H24F5N5O2/c22-18(23)10-31-16(19-13-6-12(7-14(13)19)30-1-3-32-4-2-30)8-15(29-31)11-5-17(20(27)28-9-11)33-21(24,25)26/h5,8-9,12-14,18-19H,1-4,6-7,10H2,(H2,27,28)/t12?,13-,14+,19?. The first-order valence-corrected chi connectivity index (χ1v) is 10.9. The summed E-state index contributed by atoms with van der Waals surface area (Å²) in [7, 11) is 0. The molecule has 3 aliphatic rings. The van der Waals surface area contributed by atoms with Crippen LogP contribution in [0.1, 0.15) is 24.5 Å². The molecule has 33 heavy (non-hydrogen) atoms. The van der Waals surface area contributed by atoms with Gasteiger partial charge in [-0.05, 0) is 36.8 Å². The molecule has 0 aromatic carbocycles. The van der Waals surface area contributed by atoms with Crippen molar-refractivity contribution in [1.82, 2.24) is 19.7 Å². The minimum atomic E-state index is -4.93. The molecule has 0 radical (unpaired) electrons. The van der Waals surface area contributed by atoms with Crippen LogP contribution in [-0.2, 0) is 11.3 Å². The van der Waals surface area contributed by atoms with E-state index in [0.717, 1.165) is 45.2 Å². The normalized spacial score (nSPS) is 27.7. The zero-order valence-electron chi connectivity index (χ0n) is 17.6. The number of rotatable bonds is 6. The lowest BCUT2D eigenvalue weighted by atomic mass is 10.0. The number of hydrogen-bond donors (Lipinski definition) is 1. The zero-order valence-corrected chi connectivity index (χ0v) is 17.6. The highest BCUT2D eigenvalue weighted by Gasteiger charge is 2.58. The Hall–Kier alpha value is -2.47. The van der Waals surface area contributed by atoms with Crippen LogP contribution in [0.2, 0.25) is 0 Å². The van der Waals surface area contributed by atoms with Crippen molar-refractivity contribution in [2.45, 2.75) is 44.1 Å². The molecular formula is C21H24F5N5O2. The molecule has 5 rings (SSSR count). The molecule has 180 valence electrons. The van der Waals surface area contributed by atoms with Crippen LogP contribution in [0.4, 0.5) is 27.8 Å². The molecule has 12 heteroatoms. The summed E-state index contributed by atoms with van der Waals surface area (Å²) in [5.41, 5.74) is 6.67. The predicted octanol–water partition coefficient (Wildman–Crippen LogP) is 3.52. The van der Waals surface area contributed by atoms with Crippen molar-refractivity contribution in [1.29, 1.82) is 0 Å². The quantitative estimate of drug-likeness (QED) is 0.647. The minimum Gasteiger partial charge on any atom is -0.402 e. The number of halogens is 5. The van der Waals surface area contributed by atoms with E-state index in [2.05, 4.69) is 19.7 Å². The van der Waals surface area contributed by atoms with Crippen LogP contribution in [0.25, 0.3) is 11.3 Å². The van der Waals surface area contributed by atoms with Crippen molar-refractivity contribution < 1.29 is 31.4 Å². The van der Waals surface area contributed by atoms with Crippen LogP contribution in [0, 0.1) is 11.8 Å². The van der Waals surface area contributed by atoms with Crippen molar-refractivity contribution in [2.24, 2.45) is 11.8 Å². The van der Waals surface area contributed by atoms with Gasteiger partial charge in [0.2, 0.25) is 0 Å². The molecule has 2 saturated carbocycles. The summed E-state index contributed by atoms with van der Waals surface area (Å²) in [6.07, 6.45) is -4.28. The molecule has 4 atom stereocenters. The Bertz CT molecular complexity index is 995. The molecule has 0 bridgehead atoms. The largest absolute Gasteiger partial charge is 0.573 e. The Labute approximate surface area is 186 Å². The molecule has 1 saturated heterocycles. The van der Waals surface area contributed by atoms with E-state index >= 15 is 0 Å². The molecular weight excluding hydrogens is 449 g/mol. The fourth-order valence-electron chi connectivity index (χ4n) is 5.41. The Morgan fingerprint density at radius 2 is 1.85 bits per heavy atom. The lowest BCUT2D eigenvalue weighted by Crippen LogP contribution is -2.43. The number of ether oxygens (including phenoxy) is 2. The Morgan fingerprint density at radius 1 is 1.15 bits per heavy atom. The molecule has 2 aromatic heterocycles.